The molecule has 2 rings (SSSR count). The molecule has 3 heteroatoms. The van der Waals surface area contributed by atoms with Crippen LogP contribution in [0.3, 0.4) is 0 Å². The number of amidine groups is 1. The summed E-state index contributed by atoms with van der Waals surface area (Å²) in [7, 11) is 0. The van der Waals surface area contributed by atoms with Crippen LogP contribution in [0.5, 0.6) is 0 Å². The molecule has 2 heterocycles. The van der Waals surface area contributed by atoms with E-state index in [1.807, 2.05) is 0 Å². The van der Waals surface area contributed by atoms with Crippen molar-refractivity contribution < 1.29 is 0 Å². The average Bonchev–Trinajstić information content (AvgIpc) is 2.33. The van der Waals surface area contributed by atoms with Crippen molar-refractivity contribution in [3.8, 4) is 0 Å². The topological polar surface area (TPSA) is 36.4 Å². The number of nitrogens with one attached hydrogen (secondary N) is 2. The van der Waals surface area contributed by atoms with Crippen LogP contribution in [-0.2, 0) is 0 Å². The molecular weight excluding hydrogens is 114 g/mol. The summed E-state index contributed by atoms with van der Waals surface area (Å²) in [6, 6.07) is 0. The van der Waals surface area contributed by atoms with Crippen LogP contribution in [0.15, 0.2) is 4.99 Å². The van der Waals surface area contributed by atoms with Crippen molar-refractivity contribution >= 4 is 5.84 Å². The number of nitrogens with zero attached hydrogens (tertiary/aromatic N) is 1. The molecule has 9 heavy (non-hydrogen) atoms. The van der Waals surface area contributed by atoms with Gasteiger partial charge in [-0.15, -0.1) is 0 Å². The molecule has 50 valence electrons. The van der Waals surface area contributed by atoms with E-state index in [1.54, 1.807) is 0 Å². The Morgan fingerprint density at radius 1 is 1.56 bits per heavy atom. The number of aliphatic imine (C=N–C) groups is 1. The predicted molar refractivity (Wildman–Crippen MR) is 36.4 cm³/mol. The summed E-state index contributed by atoms with van der Waals surface area (Å²) in [4.78, 5) is 4.29. The molecule has 0 bridgehead atoms. The summed E-state index contributed by atoms with van der Waals surface area (Å²) < 4.78 is 0. The Balaban J connectivity index is 2.16. The monoisotopic (exact) mass is 125 g/mol. The first kappa shape index (κ1) is 5.23. The van der Waals surface area contributed by atoms with Gasteiger partial charge in [-0.25, -0.2) is 0 Å². The van der Waals surface area contributed by atoms with Gasteiger partial charge in [0.25, 0.3) is 0 Å². The van der Waals surface area contributed by atoms with Crippen LogP contribution >= 0.6 is 0 Å². The van der Waals surface area contributed by atoms with Gasteiger partial charge in [0.2, 0.25) is 0 Å². The van der Waals surface area contributed by atoms with Crippen LogP contribution in [0, 0.1) is 5.92 Å². The highest BCUT2D eigenvalue weighted by Crippen LogP contribution is 2.11. The van der Waals surface area contributed by atoms with Gasteiger partial charge >= 0.3 is 0 Å². The van der Waals surface area contributed by atoms with Crippen molar-refractivity contribution in [1.29, 1.82) is 0 Å². The molecule has 1 saturated heterocycles. The van der Waals surface area contributed by atoms with E-state index in [0.717, 1.165) is 19.8 Å². The lowest BCUT2D eigenvalue weighted by Gasteiger charge is -2.15. The maximum absolute atomic E-state index is 4.29. The van der Waals surface area contributed by atoms with Gasteiger partial charge in [-0.1, -0.05) is 0 Å². The van der Waals surface area contributed by atoms with E-state index < -0.39 is 0 Å². The van der Waals surface area contributed by atoms with Crippen molar-refractivity contribution in [3.05, 3.63) is 0 Å². The van der Waals surface area contributed by atoms with Crippen LogP contribution in [0.4, 0.5) is 0 Å². The quantitative estimate of drug-likeness (QED) is 0.460. The molecule has 2 aliphatic heterocycles. The van der Waals surface area contributed by atoms with Crippen molar-refractivity contribution in [2.45, 2.75) is 6.42 Å². The first-order valence-corrected chi connectivity index (χ1v) is 3.46. The molecule has 0 radical (unpaired) electrons. The maximum Gasteiger partial charge on any atom is 0.102 e. The molecule has 0 spiro atoms. The van der Waals surface area contributed by atoms with Crippen LogP contribution in [0.25, 0.3) is 0 Å². The Labute approximate surface area is 54.5 Å². The van der Waals surface area contributed by atoms with Gasteiger partial charge in [0.1, 0.15) is 5.84 Å². The fraction of sp³-hybridized carbons (Fsp3) is 0.833. The smallest absolute Gasteiger partial charge is 0.102 e. The largest absolute Gasteiger partial charge is 0.373 e. The summed E-state index contributed by atoms with van der Waals surface area (Å²) in [5.74, 6) is 1.92. The van der Waals surface area contributed by atoms with Crippen molar-refractivity contribution in [1.82, 2.24) is 10.6 Å². The lowest BCUT2D eigenvalue weighted by molar-refractivity contribution is 0.565. The van der Waals surface area contributed by atoms with E-state index in [-0.39, 0.29) is 0 Å². The van der Waals surface area contributed by atoms with E-state index in [0.29, 0.717) is 5.92 Å². The zero-order valence-electron chi connectivity index (χ0n) is 5.35. The van der Waals surface area contributed by atoms with E-state index in [2.05, 4.69) is 15.6 Å². The molecule has 0 aliphatic carbocycles. The van der Waals surface area contributed by atoms with Gasteiger partial charge in [0.15, 0.2) is 0 Å². The zero-order chi connectivity index (χ0) is 6.10. The van der Waals surface area contributed by atoms with Crippen LogP contribution in [-0.4, -0.2) is 25.6 Å². The minimum atomic E-state index is 0.693. The second-order valence-electron chi connectivity index (χ2n) is 2.57. The third-order valence-corrected chi connectivity index (χ3v) is 1.94. The fourth-order valence-electron chi connectivity index (χ4n) is 1.42. The Bertz CT molecular complexity index is 141. The summed E-state index contributed by atoms with van der Waals surface area (Å²) in [6.07, 6.45) is 1.26. The maximum atomic E-state index is 4.29. The molecule has 3 nitrogen and oxygen atoms in total. The minimum absolute atomic E-state index is 0.693. The Kier molecular flexibility index (Phi) is 1.16. The molecule has 2 aliphatic rings. The SMILES string of the molecule is C1N=C2NCCC2CN1. The van der Waals surface area contributed by atoms with Crippen LogP contribution in [0.1, 0.15) is 6.42 Å². The highest BCUT2D eigenvalue weighted by atomic mass is 15.1. The molecule has 0 aromatic heterocycles. The van der Waals surface area contributed by atoms with Crippen molar-refractivity contribution in [2.24, 2.45) is 10.9 Å². The van der Waals surface area contributed by atoms with Gasteiger partial charge in [0.05, 0.1) is 6.67 Å². The van der Waals surface area contributed by atoms with Gasteiger partial charge in [-0.05, 0) is 6.42 Å². The average molecular weight is 125 g/mol. The third kappa shape index (κ3) is 0.812. The standard InChI is InChI=1S/C6H11N3/c1-2-8-6-5(1)3-7-4-9-6/h5,7H,1-4H2,(H,8,9). The zero-order valence-corrected chi connectivity index (χ0v) is 5.35. The van der Waals surface area contributed by atoms with E-state index in [9.17, 15) is 0 Å². The Morgan fingerprint density at radius 3 is 3.44 bits per heavy atom. The number of fused-ring (bicyclic) bond motifs is 1. The second-order valence-corrected chi connectivity index (χ2v) is 2.57. The highest BCUT2D eigenvalue weighted by molar-refractivity contribution is 5.87. The predicted octanol–water partition coefficient (Wildman–Crippen LogP) is -0.445. The van der Waals surface area contributed by atoms with E-state index in [1.165, 1.54) is 12.3 Å². The molecular formula is C6H11N3. The van der Waals surface area contributed by atoms with Gasteiger partial charge in [0, 0.05) is 19.0 Å². The van der Waals surface area contributed by atoms with Crippen molar-refractivity contribution in [2.75, 3.05) is 19.8 Å². The van der Waals surface area contributed by atoms with Crippen LogP contribution in [0.2, 0.25) is 0 Å². The number of hydrogen-bond donors (Lipinski definition) is 2. The molecule has 2 N–H and O–H groups in total. The van der Waals surface area contributed by atoms with Crippen LogP contribution < -0.4 is 10.6 Å². The number of rotatable bonds is 0. The third-order valence-electron chi connectivity index (χ3n) is 1.94. The summed E-state index contributed by atoms with van der Waals surface area (Å²) in [5, 5.41) is 6.50. The molecule has 1 unspecified atom stereocenters. The fourth-order valence-corrected chi connectivity index (χ4v) is 1.42. The lowest BCUT2D eigenvalue weighted by Crippen LogP contribution is -2.35. The molecule has 1 atom stereocenters. The second kappa shape index (κ2) is 1.99. The van der Waals surface area contributed by atoms with Gasteiger partial charge in [-0.2, -0.15) is 0 Å². The molecule has 0 amide bonds. The van der Waals surface area contributed by atoms with Gasteiger partial charge in [-0.3, -0.25) is 10.3 Å². The van der Waals surface area contributed by atoms with Crippen molar-refractivity contribution in [3.63, 3.8) is 0 Å². The lowest BCUT2D eigenvalue weighted by atomic mass is 10.1. The summed E-state index contributed by atoms with van der Waals surface area (Å²) in [6.45, 7) is 3.04. The summed E-state index contributed by atoms with van der Waals surface area (Å²) in [5.41, 5.74) is 0. The number of hydrogen-bond acceptors (Lipinski definition) is 3. The minimum Gasteiger partial charge on any atom is -0.373 e. The molecule has 0 saturated carbocycles. The normalized spacial score (nSPS) is 32.9. The van der Waals surface area contributed by atoms with E-state index >= 15 is 0 Å². The highest BCUT2D eigenvalue weighted by Gasteiger charge is 2.23. The molecule has 0 aromatic rings. The molecule has 1 fully saturated rings. The Hall–Kier alpha value is -0.570. The van der Waals surface area contributed by atoms with Gasteiger partial charge < -0.3 is 5.32 Å². The first-order chi connectivity index (χ1) is 4.47. The Morgan fingerprint density at radius 2 is 2.56 bits per heavy atom. The van der Waals surface area contributed by atoms with E-state index in [4.69, 9.17) is 0 Å². The molecule has 0 aromatic carbocycles. The first-order valence-electron chi connectivity index (χ1n) is 3.46. The summed E-state index contributed by atoms with van der Waals surface area (Å²) >= 11 is 0.